The summed E-state index contributed by atoms with van der Waals surface area (Å²) in [4.78, 5) is 104. The van der Waals surface area contributed by atoms with Crippen LogP contribution in [-0.4, -0.2) is 126 Å². The molecule has 20 heteroatoms. The summed E-state index contributed by atoms with van der Waals surface area (Å²) in [5.74, 6) is 0.397. The predicted molar refractivity (Wildman–Crippen MR) is 385 cm³/mol. The number of aromatic hydroxyl groups is 1. The summed E-state index contributed by atoms with van der Waals surface area (Å²) in [6.45, 7) is 29.7. The van der Waals surface area contributed by atoms with Gasteiger partial charge in [-0.05, 0) is 142 Å². The number of nitrogens with zero attached hydrogens (tertiary/aromatic N) is 6. The second kappa shape index (κ2) is 31.2. The Hall–Kier alpha value is -9.14. The molecule has 2 atom stereocenters. The summed E-state index contributed by atoms with van der Waals surface area (Å²) in [6.07, 6.45) is 9.84. The first-order valence-corrected chi connectivity index (χ1v) is 35.1. The van der Waals surface area contributed by atoms with Crippen LogP contribution in [0.4, 0.5) is 0 Å². The number of carbonyl (C=O) groups excluding carboxylic acids is 6. The maximum atomic E-state index is 13.8. The molecule has 2 aliphatic heterocycles. The molecule has 0 bridgehead atoms. The zero-order valence-corrected chi connectivity index (χ0v) is 60.4. The predicted octanol–water partition coefficient (Wildman–Crippen LogP) is 14.1. The highest BCUT2D eigenvalue weighted by Crippen LogP contribution is 2.33. The van der Waals surface area contributed by atoms with Crippen LogP contribution >= 0.6 is 22.7 Å². The topological polar surface area (TPSA) is 232 Å². The molecule has 8 aromatic rings. The van der Waals surface area contributed by atoms with Gasteiger partial charge >= 0.3 is 11.9 Å². The summed E-state index contributed by atoms with van der Waals surface area (Å²) >= 11 is 2.85. The maximum Gasteiger partial charge on any atom is 0.313 e. The second-order valence-electron chi connectivity index (χ2n) is 29.7. The molecule has 0 radical (unpaired) electrons. The fraction of sp³-hybridized carbons (Fsp3) is 0.410. The minimum atomic E-state index is -0.820. The number of hydrogen-bond donors (Lipinski definition) is 3. The number of phenols is 1. The lowest BCUT2D eigenvalue weighted by Crippen LogP contribution is -2.59. The molecule has 4 aromatic carbocycles. The fourth-order valence-electron chi connectivity index (χ4n) is 10.8. The molecule has 2 saturated heterocycles. The van der Waals surface area contributed by atoms with Gasteiger partial charge in [0.25, 0.3) is 11.8 Å². The lowest BCUT2D eigenvalue weighted by atomic mass is 9.95. The number of ether oxygens (including phenoxy) is 3. The van der Waals surface area contributed by atoms with Crippen LogP contribution in [0.2, 0.25) is 0 Å². The molecule has 6 heterocycles. The Morgan fingerprint density at radius 1 is 0.490 bits per heavy atom. The van der Waals surface area contributed by atoms with E-state index in [1.807, 2.05) is 145 Å². The molecule has 10 rings (SSSR count). The number of phenolic OH excluding ortho intramolecular Hbond substituents is 1. The van der Waals surface area contributed by atoms with Gasteiger partial charge < -0.3 is 39.8 Å². The van der Waals surface area contributed by atoms with E-state index in [9.17, 15) is 33.9 Å². The zero-order valence-electron chi connectivity index (χ0n) is 58.7. The Balaban J connectivity index is 0.000000231. The number of likely N-dealkylation sites (tertiary alicyclic amines) is 2. The minimum absolute atomic E-state index is 0.0913. The lowest BCUT2D eigenvalue weighted by molar-refractivity contribution is -0.169. The maximum absolute atomic E-state index is 13.8. The van der Waals surface area contributed by atoms with Gasteiger partial charge in [0, 0.05) is 95.8 Å². The molecule has 98 heavy (non-hydrogen) atoms. The number of amides is 4. The molecule has 0 spiro atoms. The van der Waals surface area contributed by atoms with Crippen molar-refractivity contribution in [3.05, 3.63) is 177 Å². The van der Waals surface area contributed by atoms with E-state index in [2.05, 4.69) is 86.0 Å². The van der Waals surface area contributed by atoms with Crippen molar-refractivity contribution in [2.45, 2.75) is 157 Å². The molecule has 516 valence electrons. The van der Waals surface area contributed by atoms with Gasteiger partial charge in [-0.25, -0.2) is 19.9 Å². The Labute approximate surface area is 584 Å². The molecule has 18 nitrogen and oxygen atoms in total. The van der Waals surface area contributed by atoms with Gasteiger partial charge in [-0.1, -0.05) is 128 Å². The van der Waals surface area contributed by atoms with Gasteiger partial charge in [-0.3, -0.25) is 28.8 Å². The first-order valence-electron chi connectivity index (χ1n) is 33.4. The largest absolute Gasteiger partial charge is 0.508 e. The van der Waals surface area contributed by atoms with Crippen LogP contribution in [0.5, 0.6) is 11.5 Å². The van der Waals surface area contributed by atoms with Crippen LogP contribution in [0.25, 0.3) is 45.0 Å². The molecule has 4 amide bonds. The fourth-order valence-corrected chi connectivity index (χ4v) is 12.7. The lowest BCUT2D eigenvalue weighted by Gasteiger charge is -2.40. The Bertz CT molecular complexity index is 4040. The number of carbonyl (C=O) groups is 6. The number of rotatable bonds is 21. The van der Waals surface area contributed by atoms with E-state index in [1.165, 1.54) is 22.7 Å². The van der Waals surface area contributed by atoms with Crippen LogP contribution in [0, 0.1) is 17.8 Å². The highest BCUT2D eigenvalue weighted by atomic mass is 32.1. The van der Waals surface area contributed by atoms with Crippen LogP contribution in [0.1, 0.15) is 150 Å². The molecule has 0 saturated carbocycles. The Morgan fingerprint density at radius 3 is 1.18 bits per heavy atom. The van der Waals surface area contributed by atoms with Gasteiger partial charge in [0.1, 0.15) is 34.8 Å². The first-order chi connectivity index (χ1) is 46.2. The number of nitrogens with one attached hydrogen (secondary N) is 2. The van der Waals surface area contributed by atoms with E-state index in [-0.39, 0.29) is 103 Å². The summed E-state index contributed by atoms with van der Waals surface area (Å²) in [5.41, 5.74) is 5.63. The minimum Gasteiger partial charge on any atom is -0.508 e. The van der Waals surface area contributed by atoms with Crippen molar-refractivity contribution in [2.75, 3.05) is 32.8 Å². The number of benzene rings is 4. The smallest absolute Gasteiger partial charge is 0.313 e. The van der Waals surface area contributed by atoms with Crippen molar-refractivity contribution in [2.24, 2.45) is 17.8 Å². The molecule has 2 fully saturated rings. The SMILES string of the molecule is CC(C)(C)OC(=O)C1CN(C(=O)[C@H](Cc2ccc(-c3ncc(-c4ccc(O)cc4)cn3)cc2)NC(=O)c2ccc(C(C)(C)C)s2)C1.CC(C)CCCOc1ccc(-c2cnc(-c3ccc(C[C@H](NC(=O)c4ccc(C(C)(C)C)s4)C(=O)N4CC(C(=O)OC(C)(C)C)C4)cc3)nc2)cc1. The highest BCUT2D eigenvalue weighted by molar-refractivity contribution is 7.14. The van der Waals surface area contributed by atoms with Crippen molar-refractivity contribution >= 4 is 58.2 Å². The molecule has 2 aliphatic rings. The van der Waals surface area contributed by atoms with Gasteiger partial charge in [0.2, 0.25) is 11.8 Å². The van der Waals surface area contributed by atoms with E-state index in [0.29, 0.717) is 33.9 Å². The molecule has 3 N–H and O–H groups in total. The van der Waals surface area contributed by atoms with E-state index in [1.54, 1.807) is 52.5 Å². The van der Waals surface area contributed by atoms with Crippen LogP contribution in [0.15, 0.2) is 146 Å². The zero-order chi connectivity index (χ0) is 70.9. The summed E-state index contributed by atoms with van der Waals surface area (Å²) < 4.78 is 16.9. The van der Waals surface area contributed by atoms with Crippen molar-refractivity contribution in [1.29, 1.82) is 0 Å². The number of aromatic nitrogens is 4. The first kappa shape index (κ1) is 73.1. The number of esters is 2. The molecular weight excluding hydrogens is 1270 g/mol. The Kier molecular flexibility index (Phi) is 23.2. The van der Waals surface area contributed by atoms with Gasteiger partial charge in [0.05, 0.1) is 28.2 Å². The molecule has 0 aliphatic carbocycles. The van der Waals surface area contributed by atoms with Crippen LogP contribution in [0.3, 0.4) is 0 Å². The van der Waals surface area contributed by atoms with Crippen LogP contribution < -0.4 is 15.4 Å². The number of thiophene rings is 2. The van der Waals surface area contributed by atoms with Crippen LogP contribution in [-0.2, 0) is 52.3 Å². The van der Waals surface area contributed by atoms with Crippen molar-refractivity contribution in [3.8, 4) is 56.5 Å². The van der Waals surface area contributed by atoms with E-state index < -0.39 is 23.3 Å². The average molecular weight is 1370 g/mol. The molecule has 4 aromatic heterocycles. The standard InChI is InChI=1S/C42H52N4O5S.C36H40N4O5S/c1-27(2)10-9-21-50-33-17-15-29(16-18-33)31-23-43-37(44-24-31)30-13-11-28(12-14-30)22-34(45-38(47)35-19-20-36(52-35)41(3,4)5)39(48)46-25-32(26-46)40(49)51-42(6,7)8;1-35(2,3)30-16-15-29(46-30)32(42)39-28(33(43)40-20-26(21-40)34(44)45-36(4,5)6)17-22-7-9-24(10-8-22)31-37-18-25(19-38-31)23-11-13-27(41)14-12-23/h11-20,23-24,27,32,34H,9-10,21-22,25-26H2,1-8H3,(H,45,47);7-16,18-19,26,28,41H,17,20-21H2,1-6H3,(H,39,42)/t34-;28-/m00/s1. The van der Waals surface area contributed by atoms with E-state index >= 15 is 0 Å². The normalized spacial score (nSPS) is 14.2. The second-order valence-corrected chi connectivity index (χ2v) is 31.8. The summed E-state index contributed by atoms with van der Waals surface area (Å²) in [6, 6.07) is 36.0. The average Bonchev–Trinajstić information content (AvgIpc) is 0.965. The van der Waals surface area contributed by atoms with E-state index in [0.717, 1.165) is 72.9 Å². The molecule has 0 unspecified atom stereocenters. The summed E-state index contributed by atoms with van der Waals surface area (Å²) in [5, 5.41) is 15.5. The third kappa shape index (κ3) is 20.2. The third-order valence-corrected chi connectivity index (χ3v) is 19.4. The quantitative estimate of drug-likeness (QED) is 0.0449. The van der Waals surface area contributed by atoms with Gasteiger partial charge in [-0.2, -0.15) is 0 Å². The Morgan fingerprint density at radius 2 is 0.847 bits per heavy atom. The third-order valence-electron chi connectivity index (χ3n) is 16.4. The van der Waals surface area contributed by atoms with Crippen molar-refractivity contribution in [1.82, 2.24) is 40.4 Å². The highest BCUT2D eigenvalue weighted by Gasteiger charge is 2.43. The summed E-state index contributed by atoms with van der Waals surface area (Å²) in [7, 11) is 0. The van der Waals surface area contributed by atoms with E-state index in [4.69, 9.17) is 14.2 Å². The molecular formula is C78H92N8O10S2. The number of hydrogen-bond acceptors (Lipinski definition) is 16. The van der Waals surface area contributed by atoms with Gasteiger partial charge in [-0.15, -0.1) is 22.7 Å². The monoisotopic (exact) mass is 1360 g/mol. The van der Waals surface area contributed by atoms with Gasteiger partial charge in [0.15, 0.2) is 11.6 Å². The van der Waals surface area contributed by atoms with Crippen molar-refractivity contribution in [3.63, 3.8) is 0 Å². The van der Waals surface area contributed by atoms with Crippen molar-refractivity contribution < 1.29 is 48.1 Å².